The molecule has 1 saturated carbocycles. The molecule has 0 radical (unpaired) electrons. The van der Waals surface area contributed by atoms with Crippen LogP contribution in [0.4, 0.5) is 0 Å². The minimum atomic E-state index is 0.664. The van der Waals surface area contributed by atoms with Crippen LogP contribution in [-0.2, 0) is 13.6 Å². The highest BCUT2D eigenvalue weighted by atomic mass is 15.0. The minimum absolute atomic E-state index is 0.664. The summed E-state index contributed by atoms with van der Waals surface area (Å²) in [6, 6.07) is 13.6. The Morgan fingerprint density at radius 3 is 2.76 bits per heavy atom. The van der Waals surface area contributed by atoms with Gasteiger partial charge in [-0.05, 0) is 23.6 Å². The average molecular weight is 226 g/mol. The van der Waals surface area contributed by atoms with E-state index in [1.165, 1.54) is 17.5 Å². The highest BCUT2D eigenvalue weighted by Gasteiger charge is 2.37. The molecule has 0 amide bonds. The Morgan fingerprint density at radius 2 is 2.06 bits per heavy atom. The van der Waals surface area contributed by atoms with Crippen molar-refractivity contribution in [2.75, 3.05) is 0 Å². The van der Waals surface area contributed by atoms with Crippen LogP contribution in [0.5, 0.6) is 0 Å². The second kappa shape index (κ2) is 4.38. The fraction of sp³-hybridized carbons (Fsp3) is 0.333. The zero-order valence-corrected chi connectivity index (χ0v) is 10.1. The maximum atomic E-state index is 3.62. The lowest BCUT2D eigenvalue weighted by Crippen LogP contribution is -2.16. The molecule has 1 aliphatic rings. The van der Waals surface area contributed by atoms with Gasteiger partial charge in [0.05, 0.1) is 0 Å². The van der Waals surface area contributed by atoms with Crippen molar-refractivity contribution in [1.82, 2.24) is 9.88 Å². The molecule has 17 heavy (non-hydrogen) atoms. The van der Waals surface area contributed by atoms with Crippen LogP contribution in [0.1, 0.15) is 23.5 Å². The predicted octanol–water partition coefficient (Wildman–Crippen LogP) is 2.67. The highest BCUT2D eigenvalue weighted by molar-refractivity contribution is 5.27. The summed E-state index contributed by atoms with van der Waals surface area (Å²) in [5.74, 6) is 0.722. The summed E-state index contributed by atoms with van der Waals surface area (Å²) in [6.07, 6.45) is 5.54. The third-order valence-corrected chi connectivity index (χ3v) is 3.48. The number of hydrogen-bond acceptors (Lipinski definition) is 1. The Balaban J connectivity index is 1.53. The van der Waals surface area contributed by atoms with Gasteiger partial charge >= 0.3 is 0 Å². The lowest BCUT2D eigenvalue weighted by atomic mass is 10.1. The van der Waals surface area contributed by atoms with Gasteiger partial charge in [-0.2, -0.15) is 0 Å². The highest BCUT2D eigenvalue weighted by Crippen LogP contribution is 2.40. The largest absolute Gasteiger partial charge is 0.357 e. The summed E-state index contributed by atoms with van der Waals surface area (Å²) in [5, 5.41) is 3.62. The molecular weight excluding hydrogens is 208 g/mol. The molecule has 0 saturated heterocycles. The van der Waals surface area contributed by atoms with Crippen LogP contribution >= 0.6 is 0 Å². The molecule has 1 aliphatic carbocycles. The molecule has 2 nitrogen and oxygen atoms in total. The topological polar surface area (TPSA) is 17.0 Å². The van der Waals surface area contributed by atoms with E-state index in [0.717, 1.165) is 12.5 Å². The molecule has 1 aromatic carbocycles. The monoisotopic (exact) mass is 226 g/mol. The molecule has 2 unspecified atom stereocenters. The van der Waals surface area contributed by atoms with Crippen LogP contribution in [0.15, 0.2) is 48.8 Å². The van der Waals surface area contributed by atoms with Crippen molar-refractivity contribution in [3.8, 4) is 0 Å². The summed E-state index contributed by atoms with van der Waals surface area (Å²) >= 11 is 0. The second-order valence-corrected chi connectivity index (χ2v) is 4.93. The molecule has 0 bridgehead atoms. The van der Waals surface area contributed by atoms with Crippen molar-refractivity contribution in [2.24, 2.45) is 7.05 Å². The van der Waals surface area contributed by atoms with Crippen molar-refractivity contribution in [3.63, 3.8) is 0 Å². The van der Waals surface area contributed by atoms with E-state index in [1.807, 2.05) is 0 Å². The summed E-state index contributed by atoms with van der Waals surface area (Å²) in [4.78, 5) is 0. The van der Waals surface area contributed by atoms with Crippen LogP contribution in [0.2, 0.25) is 0 Å². The number of nitrogens with one attached hydrogen (secondary N) is 1. The number of aromatic nitrogens is 1. The lowest BCUT2D eigenvalue weighted by molar-refractivity contribution is 0.672. The first-order valence-electron chi connectivity index (χ1n) is 6.22. The molecule has 0 aliphatic heterocycles. The maximum absolute atomic E-state index is 3.62. The van der Waals surface area contributed by atoms with Gasteiger partial charge in [0.2, 0.25) is 0 Å². The van der Waals surface area contributed by atoms with Gasteiger partial charge in [0.25, 0.3) is 0 Å². The predicted molar refractivity (Wildman–Crippen MR) is 69.8 cm³/mol. The van der Waals surface area contributed by atoms with Gasteiger partial charge in [-0.1, -0.05) is 30.3 Å². The van der Waals surface area contributed by atoms with Gasteiger partial charge in [-0.3, -0.25) is 0 Å². The van der Waals surface area contributed by atoms with E-state index in [0.29, 0.717) is 6.04 Å². The number of benzene rings is 1. The fourth-order valence-electron chi connectivity index (χ4n) is 2.40. The molecule has 1 heterocycles. The van der Waals surface area contributed by atoms with E-state index in [1.54, 1.807) is 0 Å². The third-order valence-electron chi connectivity index (χ3n) is 3.48. The maximum Gasteiger partial charge on any atom is 0.0223 e. The Morgan fingerprint density at radius 1 is 1.24 bits per heavy atom. The van der Waals surface area contributed by atoms with E-state index < -0.39 is 0 Å². The molecular formula is C15H18N2. The molecule has 3 rings (SSSR count). The minimum Gasteiger partial charge on any atom is -0.357 e. The molecule has 2 atom stereocenters. The fourth-order valence-corrected chi connectivity index (χ4v) is 2.40. The van der Waals surface area contributed by atoms with Crippen LogP contribution in [0.3, 0.4) is 0 Å². The molecule has 2 heteroatoms. The van der Waals surface area contributed by atoms with Gasteiger partial charge in [0.1, 0.15) is 0 Å². The number of nitrogens with zero attached hydrogens (tertiary/aromatic N) is 1. The molecule has 1 aromatic heterocycles. The van der Waals surface area contributed by atoms with Gasteiger partial charge in [-0.15, -0.1) is 0 Å². The van der Waals surface area contributed by atoms with Gasteiger partial charge in [0.15, 0.2) is 0 Å². The zero-order valence-electron chi connectivity index (χ0n) is 10.1. The number of hydrogen-bond donors (Lipinski definition) is 1. The smallest absolute Gasteiger partial charge is 0.0223 e. The SMILES string of the molecule is Cn1ccc(CNC2CC2c2ccccc2)c1. The standard InChI is InChI=1S/C15H18N2/c1-17-8-7-12(11-17)10-16-15-9-14(15)13-5-3-2-4-6-13/h2-8,11,14-16H,9-10H2,1H3. The summed E-state index contributed by atoms with van der Waals surface area (Å²) in [5.41, 5.74) is 2.84. The Kier molecular flexibility index (Phi) is 2.73. The normalized spacial score (nSPS) is 22.6. The van der Waals surface area contributed by atoms with Crippen molar-refractivity contribution in [2.45, 2.75) is 24.9 Å². The zero-order chi connectivity index (χ0) is 11.7. The quantitative estimate of drug-likeness (QED) is 0.848. The van der Waals surface area contributed by atoms with Gasteiger partial charge in [-0.25, -0.2) is 0 Å². The molecule has 88 valence electrons. The van der Waals surface area contributed by atoms with Crippen LogP contribution in [0, 0.1) is 0 Å². The van der Waals surface area contributed by atoms with Gasteiger partial charge < -0.3 is 9.88 Å². The van der Waals surface area contributed by atoms with E-state index >= 15 is 0 Å². The van der Waals surface area contributed by atoms with E-state index in [2.05, 4.69) is 65.7 Å². The first-order valence-corrected chi connectivity index (χ1v) is 6.22. The molecule has 0 spiro atoms. The Labute approximate surface area is 102 Å². The van der Waals surface area contributed by atoms with E-state index in [-0.39, 0.29) is 0 Å². The third kappa shape index (κ3) is 2.42. The van der Waals surface area contributed by atoms with Crippen LogP contribution < -0.4 is 5.32 Å². The van der Waals surface area contributed by atoms with Crippen molar-refractivity contribution in [3.05, 3.63) is 59.9 Å². The van der Waals surface area contributed by atoms with Crippen LogP contribution in [-0.4, -0.2) is 10.6 Å². The first kappa shape index (κ1) is 10.6. The Bertz CT molecular complexity index is 487. The Hall–Kier alpha value is -1.54. The molecule has 1 N–H and O–H groups in total. The number of aryl methyl sites for hydroxylation is 1. The van der Waals surface area contributed by atoms with Crippen molar-refractivity contribution < 1.29 is 0 Å². The molecule has 1 fully saturated rings. The summed E-state index contributed by atoms with van der Waals surface area (Å²) in [6.45, 7) is 0.981. The first-order chi connectivity index (χ1) is 8.33. The van der Waals surface area contributed by atoms with Crippen LogP contribution in [0.25, 0.3) is 0 Å². The second-order valence-electron chi connectivity index (χ2n) is 4.93. The van der Waals surface area contributed by atoms with Crippen molar-refractivity contribution in [1.29, 1.82) is 0 Å². The summed E-state index contributed by atoms with van der Waals surface area (Å²) in [7, 11) is 2.06. The number of rotatable bonds is 4. The van der Waals surface area contributed by atoms with E-state index in [9.17, 15) is 0 Å². The van der Waals surface area contributed by atoms with Gasteiger partial charge in [0, 0.05) is 37.9 Å². The average Bonchev–Trinajstić information content (AvgIpc) is 3.03. The molecule has 2 aromatic rings. The van der Waals surface area contributed by atoms with E-state index in [4.69, 9.17) is 0 Å². The summed E-state index contributed by atoms with van der Waals surface area (Å²) < 4.78 is 2.10. The van der Waals surface area contributed by atoms with Crippen molar-refractivity contribution >= 4 is 0 Å². The lowest BCUT2D eigenvalue weighted by Gasteiger charge is -2.02.